The minimum absolute atomic E-state index is 0.381. The smallest absolute Gasteiger partial charge is 0.374 e. The molecule has 0 atom stereocenters. The minimum Gasteiger partial charge on any atom is -0.374 e. The van der Waals surface area contributed by atoms with E-state index in [0.717, 1.165) is 18.4 Å². The van der Waals surface area contributed by atoms with Crippen LogP contribution in [-0.2, 0) is 11.0 Å². The van der Waals surface area contributed by atoms with Gasteiger partial charge in [-0.3, -0.25) is 9.78 Å². The van der Waals surface area contributed by atoms with Crippen LogP contribution < -0.4 is 4.90 Å². The van der Waals surface area contributed by atoms with Crippen LogP contribution in [0.2, 0.25) is 0 Å². The zero-order chi connectivity index (χ0) is 18.6. The van der Waals surface area contributed by atoms with Crippen LogP contribution in [0.25, 0.3) is 11.3 Å². The lowest BCUT2D eigenvalue weighted by atomic mass is 10.1. The summed E-state index contributed by atoms with van der Waals surface area (Å²) in [7, 11) is 0. The van der Waals surface area contributed by atoms with Gasteiger partial charge in [0.1, 0.15) is 12.0 Å². The van der Waals surface area contributed by atoms with E-state index in [4.69, 9.17) is 0 Å². The van der Waals surface area contributed by atoms with E-state index in [2.05, 4.69) is 9.97 Å². The van der Waals surface area contributed by atoms with Crippen molar-refractivity contribution in [2.24, 2.45) is 0 Å². The highest BCUT2D eigenvalue weighted by Gasteiger charge is 2.31. The molecular weight excluding hydrogens is 345 g/mol. The lowest BCUT2D eigenvalue weighted by molar-refractivity contribution is -0.137. The molecule has 0 bridgehead atoms. The molecule has 2 aromatic rings. The minimum atomic E-state index is -4.41. The molecule has 0 radical (unpaired) electrons. The molecule has 1 saturated heterocycles. The number of benzene rings is 1. The molecule has 3 rings (SSSR count). The van der Waals surface area contributed by atoms with Gasteiger partial charge in [-0.15, -0.1) is 0 Å². The first-order chi connectivity index (χ1) is 12.5. The van der Waals surface area contributed by atoms with Crippen LogP contribution in [0.5, 0.6) is 0 Å². The van der Waals surface area contributed by atoms with Crippen LogP contribution in [0.1, 0.15) is 5.56 Å². The summed E-state index contributed by atoms with van der Waals surface area (Å²) < 4.78 is 39.0. The maximum atomic E-state index is 13.0. The Labute approximate surface area is 148 Å². The van der Waals surface area contributed by atoms with Gasteiger partial charge in [0.2, 0.25) is 0 Å². The van der Waals surface area contributed by atoms with E-state index in [9.17, 15) is 18.0 Å². The van der Waals surface area contributed by atoms with Gasteiger partial charge in [0, 0.05) is 50.3 Å². The van der Waals surface area contributed by atoms with E-state index in [0.29, 0.717) is 43.3 Å². The van der Waals surface area contributed by atoms with E-state index in [1.54, 1.807) is 12.3 Å². The number of allylic oxidation sites excluding steroid dienone is 1. The van der Waals surface area contributed by atoms with Crippen LogP contribution in [0.3, 0.4) is 0 Å². The lowest BCUT2D eigenvalue weighted by Gasteiger charge is -2.35. The number of rotatable bonds is 4. The SMILES string of the molecule is O=CC=CN1CCN(c2nccnc2-c2cccc(C(F)(F)F)c2)CC1. The third kappa shape index (κ3) is 4.01. The molecule has 8 heteroatoms. The molecule has 0 spiro atoms. The predicted octanol–water partition coefficient (Wildman–Crippen LogP) is 3.00. The van der Waals surface area contributed by atoms with Crippen LogP contribution in [0, 0.1) is 0 Å². The number of alkyl halides is 3. The van der Waals surface area contributed by atoms with Crippen molar-refractivity contribution in [1.29, 1.82) is 0 Å². The summed E-state index contributed by atoms with van der Waals surface area (Å²) in [6.45, 7) is 2.63. The van der Waals surface area contributed by atoms with Gasteiger partial charge in [-0.2, -0.15) is 13.2 Å². The molecule has 136 valence electrons. The first-order valence-electron chi connectivity index (χ1n) is 8.08. The molecular formula is C18H17F3N4O. The second-order valence-corrected chi connectivity index (χ2v) is 5.81. The van der Waals surface area contributed by atoms with Gasteiger partial charge in [-0.1, -0.05) is 12.1 Å². The van der Waals surface area contributed by atoms with Gasteiger partial charge in [0.15, 0.2) is 5.82 Å². The molecule has 1 aliphatic heterocycles. The van der Waals surface area contributed by atoms with E-state index in [1.165, 1.54) is 24.5 Å². The molecule has 0 N–H and O–H groups in total. The third-order valence-electron chi connectivity index (χ3n) is 4.13. The number of carbonyl (C=O) groups is 1. The van der Waals surface area contributed by atoms with Crippen molar-refractivity contribution in [3.63, 3.8) is 0 Å². The number of anilines is 1. The Hall–Kier alpha value is -2.90. The zero-order valence-electron chi connectivity index (χ0n) is 13.9. The van der Waals surface area contributed by atoms with Crippen molar-refractivity contribution in [2.75, 3.05) is 31.1 Å². The topological polar surface area (TPSA) is 49.3 Å². The fourth-order valence-electron chi connectivity index (χ4n) is 2.85. The predicted molar refractivity (Wildman–Crippen MR) is 91.5 cm³/mol. The van der Waals surface area contributed by atoms with E-state index >= 15 is 0 Å². The average Bonchev–Trinajstić information content (AvgIpc) is 2.66. The van der Waals surface area contributed by atoms with Crippen LogP contribution >= 0.6 is 0 Å². The third-order valence-corrected chi connectivity index (χ3v) is 4.13. The molecule has 0 saturated carbocycles. The van der Waals surface area contributed by atoms with E-state index in [-0.39, 0.29) is 0 Å². The van der Waals surface area contributed by atoms with Crippen molar-refractivity contribution in [2.45, 2.75) is 6.18 Å². The second kappa shape index (κ2) is 7.55. The number of aldehydes is 1. The highest BCUT2D eigenvalue weighted by atomic mass is 19.4. The lowest BCUT2D eigenvalue weighted by Crippen LogP contribution is -2.44. The van der Waals surface area contributed by atoms with Crippen LogP contribution in [0.4, 0.5) is 19.0 Å². The summed E-state index contributed by atoms with van der Waals surface area (Å²) in [5.74, 6) is 0.561. The molecule has 5 nitrogen and oxygen atoms in total. The normalized spacial score (nSPS) is 15.5. The monoisotopic (exact) mass is 362 g/mol. The quantitative estimate of drug-likeness (QED) is 0.618. The molecule has 0 amide bonds. The Morgan fingerprint density at radius 3 is 2.46 bits per heavy atom. The summed E-state index contributed by atoms with van der Waals surface area (Å²) in [5, 5.41) is 0. The Morgan fingerprint density at radius 1 is 1.04 bits per heavy atom. The number of hydrogen-bond donors (Lipinski definition) is 0. The van der Waals surface area contributed by atoms with Crippen molar-refractivity contribution in [3.05, 3.63) is 54.5 Å². The molecule has 0 unspecified atom stereocenters. The fraction of sp³-hybridized carbons (Fsp3) is 0.278. The largest absolute Gasteiger partial charge is 0.416 e. The highest BCUT2D eigenvalue weighted by molar-refractivity contribution is 5.72. The van der Waals surface area contributed by atoms with Gasteiger partial charge in [0.25, 0.3) is 0 Å². The maximum Gasteiger partial charge on any atom is 0.416 e. The number of piperazine rings is 1. The van der Waals surface area contributed by atoms with Gasteiger partial charge in [-0.05, 0) is 18.2 Å². The first kappa shape index (κ1) is 17.9. The number of nitrogens with zero attached hydrogens (tertiary/aromatic N) is 4. The molecule has 1 aliphatic rings. The molecule has 0 aliphatic carbocycles. The maximum absolute atomic E-state index is 13.0. The van der Waals surface area contributed by atoms with E-state index < -0.39 is 11.7 Å². The zero-order valence-corrected chi connectivity index (χ0v) is 13.9. The van der Waals surface area contributed by atoms with Crippen molar-refractivity contribution >= 4 is 12.1 Å². The Morgan fingerprint density at radius 2 is 1.77 bits per heavy atom. The Balaban J connectivity index is 1.86. The fourth-order valence-corrected chi connectivity index (χ4v) is 2.85. The van der Waals surface area contributed by atoms with Crippen LogP contribution in [0.15, 0.2) is 48.9 Å². The second-order valence-electron chi connectivity index (χ2n) is 5.81. The van der Waals surface area contributed by atoms with Gasteiger partial charge in [-0.25, -0.2) is 4.98 Å². The summed E-state index contributed by atoms with van der Waals surface area (Å²) in [6, 6.07) is 5.11. The standard InChI is InChI=1S/C18H17F3N4O/c19-18(20,21)15-4-1-3-14(13-15)16-17(23-6-5-22-16)25-10-8-24(9-11-25)7-2-12-26/h1-7,12-13H,8-11H2. The molecule has 1 aromatic heterocycles. The number of aromatic nitrogens is 2. The Bertz CT molecular complexity index is 799. The number of hydrogen-bond acceptors (Lipinski definition) is 5. The van der Waals surface area contributed by atoms with Crippen LogP contribution in [-0.4, -0.2) is 47.3 Å². The van der Waals surface area contributed by atoms with Crippen molar-refractivity contribution in [3.8, 4) is 11.3 Å². The molecule has 26 heavy (non-hydrogen) atoms. The van der Waals surface area contributed by atoms with Crippen molar-refractivity contribution < 1.29 is 18.0 Å². The highest BCUT2D eigenvalue weighted by Crippen LogP contribution is 2.34. The summed E-state index contributed by atoms with van der Waals surface area (Å²) in [4.78, 5) is 23.0. The molecule has 1 aromatic carbocycles. The number of halogens is 3. The van der Waals surface area contributed by atoms with E-state index in [1.807, 2.05) is 9.80 Å². The Kier molecular flexibility index (Phi) is 5.20. The molecule has 2 heterocycles. The molecule has 1 fully saturated rings. The summed E-state index contributed by atoms with van der Waals surface area (Å²) in [6.07, 6.45) is 2.49. The van der Waals surface area contributed by atoms with Gasteiger partial charge < -0.3 is 9.80 Å². The summed E-state index contributed by atoms with van der Waals surface area (Å²) >= 11 is 0. The summed E-state index contributed by atoms with van der Waals surface area (Å²) in [5.41, 5.74) is 0.0945. The number of carbonyl (C=O) groups excluding carboxylic acids is 1. The van der Waals surface area contributed by atoms with Crippen molar-refractivity contribution in [1.82, 2.24) is 14.9 Å². The average molecular weight is 362 g/mol. The first-order valence-corrected chi connectivity index (χ1v) is 8.08. The van der Waals surface area contributed by atoms with Gasteiger partial charge >= 0.3 is 6.18 Å². The van der Waals surface area contributed by atoms with Gasteiger partial charge in [0.05, 0.1) is 5.56 Å².